The van der Waals surface area contributed by atoms with E-state index in [1.807, 2.05) is 6.08 Å². The van der Waals surface area contributed by atoms with Crippen LogP contribution >= 0.6 is 0 Å². The Kier molecular flexibility index (Phi) is 9.81. The predicted molar refractivity (Wildman–Crippen MR) is 133 cm³/mol. The highest BCUT2D eigenvalue weighted by Gasteiger charge is 2.51. The summed E-state index contributed by atoms with van der Waals surface area (Å²) in [5.74, 6) is 0.890. The zero-order valence-corrected chi connectivity index (χ0v) is 21.0. The number of unbranched alkanes of at least 4 members (excludes halogenated alkanes) is 3. The lowest BCUT2D eigenvalue weighted by molar-refractivity contribution is -0.136. The maximum atomic E-state index is 12.6. The van der Waals surface area contributed by atoms with Crippen LogP contribution in [0.1, 0.15) is 119 Å². The number of oxazole rings is 1. The van der Waals surface area contributed by atoms with Gasteiger partial charge in [-0.25, -0.2) is 4.98 Å². The number of aromatic nitrogens is 1. The molecule has 35 heavy (non-hydrogen) atoms. The third-order valence-electron chi connectivity index (χ3n) is 8.11. The first-order chi connectivity index (χ1) is 17.1. The minimum atomic E-state index is -0.781. The number of ether oxygens (including phenoxy) is 1. The number of allylic oxidation sites excluding steroid dienone is 2. The summed E-state index contributed by atoms with van der Waals surface area (Å²) < 4.78 is 11.9. The molecule has 2 bridgehead atoms. The van der Waals surface area contributed by atoms with Gasteiger partial charge in [0, 0.05) is 18.9 Å². The highest BCUT2D eigenvalue weighted by atomic mass is 16.5. The Morgan fingerprint density at radius 3 is 2.66 bits per heavy atom. The Labute approximate surface area is 209 Å². The molecule has 2 saturated heterocycles. The fourth-order valence-corrected chi connectivity index (χ4v) is 6.22. The maximum absolute atomic E-state index is 12.6. The highest BCUT2D eigenvalue weighted by molar-refractivity contribution is 5.91. The van der Waals surface area contributed by atoms with Gasteiger partial charge in [0.05, 0.1) is 18.1 Å². The molecule has 1 saturated carbocycles. The van der Waals surface area contributed by atoms with E-state index in [4.69, 9.17) is 14.3 Å². The summed E-state index contributed by atoms with van der Waals surface area (Å²) in [5, 5.41) is 11.8. The summed E-state index contributed by atoms with van der Waals surface area (Å²) in [4.78, 5) is 27.8. The molecule has 0 unspecified atom stereocenters. The van der Waals surface area contributed by atoms with Crippen molar-refractivity contribution >= 4 is 11.9 Å². The number of fused-ring (bicyclic) bond motifs is 2. The van der Waals surface area contributed by atoms with Gasteiger partial charge < -0.3 is 19.6 Å². The third-order valence-corrected chi connectivity index (χ3v) is 8.11. The SMILES string of the molecule is O=C(O)CC/C=C\C[C@H]1[C@H](c2nc(C(=O)NCCCCCCC3CCCCC3)co2)[C@@H]2CC[C@H]1O2. The van der Waals surface area contributed by atoms with Crippen molar-refractivity contribution in [2.45, 2.75) is 114 Å². The van der Waals surface area contributed by atoms with Gasteiger partial charge >= 0.3 is 5.97 Å². The number of carboxylic acid groups (broad SMARTS) is 1. The molecule has 7 heteroatoms. The topological polar surface area (TPSA) is 102 Å². The standard InChI is InChI=1S/C28H42N2O5/c31-25(32)15-9-4-8-14-21-23-16-17-24(35-23)26(21)28-30-22(19-34-28)27(33)29-18-10-2-1-5-11-20-12-6-3-7-13-20/h4,8,19-21,23-24,26H,1-3,5-7,9-18H2,(H,29,33)(H,31,32)/b8-4-/t21-,23-,24+,26+/m1/s1. The second-order valence-electron chi connectivity index (χ2n) is 10.7. The molecule has 2 aliphatic heterocycles. The normalized spacial score (nSPS) is 26.5. The highest BCUT2D eigenvalue weighted by Crippen LogP contribution is 2.50. The largest absolute Gasteiger partial charge is 0.481 e. The Balaban J connectivity index is 1.17. The second-order valence-corrected chi connectivity index (χ2v) is 10.7. The third kappa shape index (κ3) is 7.42. The van der Waals surface area contributed by atoms with Crippen molar-refractivity contribution in [3.8, 4) is 0 Å². The summed E-state index contributed by atoms with van der Waals surface area (Å²) >= 11 is 0. The van der Waals surface area contributed by atoms with E-state index >= 15 is 0 Å². The van der Waals surface area contributed by atoms with E-state index in [-0.39, 0.29) is 36.4 Å². The molecular weight excluding hydrogens is 444 g/mol. The number of aliphatic carboxylic acids is 1. The molecule has 1 aliphatic carbocycles. The molecule has 2 N–H and O–H groups in total. The van der Waals surface area contributed by atoms with Crippen LogP contribution in [0.2, 0.25) is 0 Å². The van der Waals surface area contributed by atoms with Crippen LogP contribution in [-0.4, -0.2) is 40.7 Å². The van der Waals surface area contributed by atoms with Crippen LogP contribution in [0.4, 0.5) is 0 Å². The molecule has 1 aromatic rings. The van der Waals surface area contributed by atoms with Gasteiger partial charge in [-0.3, -0.25) is 9.59 Å². The lowest BCUT2D eigenvalue weighted by atomic mass is 9.77. The number of nitrogens with zero attached hydrogens (tertiary/aromatic N) is 1. The molecule has 3 aliphatic rings. The lowest BCUT2D eigenvalue weighted by Gasteiger charge is -2.24. The number of carbonyl (C=O) groups is 2. The molecule has 1 amide bonds. The average Bonchev–Trinajstić information content (AvgIpc) is 3.60. The van der Waals surface area contributed by atoms with E-state index in [9.17, 15) is 9.59 Å². The van der Waals surface area contributed by atoms with Crippen molar-refractivity contribution in [2.75, 3.05) is 6.54 Å². The van der Waals surface area contributed by atoms with E-state index in [0.717, 1.165) is 38.0 Å². The molecule has 1 aromatic heterocycles. The van der Waals surface area contributed by atoms with E-state index in [0.29, 0.717) is 24.6 Å². The Morgan fingerprint density at radius 1 is 1.03 bits per heavy atom. The lowest BCUT2D eigenvalue weighted by Crippen LogP contribution is -2.26. The van der Waals surface area contributed by atoms with Gasteiger partial charge in [-0.2, -0.15) is 0 Å². The summed E-state index contributed by atoms with van der Waals surface area (Å²) in [6.07, 6.45) is 22.4. The first-order valence-electron chi connectivity index (χ1n) is 13.9. The number of amides is 1. The Hall–Kier alpha value is -2.15. The van der Waals surface area contributed by atoms with E-state index in [2.05, 4.69) is 16.4 Å². The average molecular weight is 487 g/mol. The van der Waals surface area contributed by atoms with Gasteiger partial charge in [0.2, 0.25) is 5.89 Å². The molecule has 4 rings (SSSR count). The van der Waals surface area contributed by atoms with Crippen molar-refractivity contribution in [1.82, 2.24) is 10.3 Å². The Bertz CT molecular complexity index is 844. The van der Waals surface area contributed by atoms with E-state index < -0.39 is 5.97 Å². The van der Waals surface area contributed by atoms with Gasteiger partial charge in [0.1, 0.15) is 6.26 Å². The monoisotopic (exact) mass is 486 g/mol. The van der Waals surface area contributed by atoms with Crippen molar-refractivity contribution in [3.63, 3.8) is 0 Å². The fraction of sp³-hybridized carbons (Fsp3) is 0.750. The van der Waals surface area contributed by atoms with Gasteiger partial charge in [0.15, 0.2) is 5.69 Å². The Morgan fingerprint density at radius 2 is 1.83 bits per heavy atom. The van der Waals surface area contributed by atoms with Crippen molar-refractivity contribution in [2.24, 2.45) is 11.8 Å². The molecular formula is C28H42N2O5. The summed E-state index contributed by atoms with van der Waals surface area (Å²) in [6.45, 7) is 0.672. The zero-order chi connectivity index (χ0) is 24.5. The van der Waals surface area contributed by atoms with E-state index in [1.165, 1.54) is 57.6 Å². The number of hydrogen-bond acceptors (Lipinski definition) is 5. The second kappa shape index (κ2) is 13.2. The number of nitrogens with one attached hydrogen (secondary N) is 1. The number of carboxylic acids is 1. The van der Waals surface area contributed by atoms with Crippen molar-refractivity contribution in [1.29, 1.82) is 0 Å². The van der Waals surface area contributed by atoms with Gasteiger partial charge in [-0.15, -0.1) is 0 Å². The van der Waals surface area contributed by atoms with Gasteiger partial charge in [0.25, 0.3) is 5.91 Å². The fourth-order valence-electron chi connectivity index (χ4n) is 6.22. The number of hydrogen-bond donors (Lipinski definition) is 2. The van der Waals surface area contributed by atoms with Crippen LogP contribution in [0.25, 0.3) is 0 Å². The molecule has 0 spiro atoms. The van der Waals surface area contributed by atoms with Crippen molar-refractivity contribution in [3.05, 3.63) is 30.0 Å². The minimum Gasteiger partial charge on any atom is -0.481 e. The molecule has 4 atom stereocenters. The first-order valence-corrected chi connectivity index (χ1v) is 13.9. The van der Waals surface area contributed by atoms with Gasteiger partial charge in [-0.05, 0) is 38.0 Å². The minimum absolute atomic E-state index is 0.0450. The number of rotatable bonds is 14. The maximum Gasteiger partial charge on any atom is 0.303 e. The van der Waals surface area contributed by atoms with Crippen molar-refractivity contribution < 1.29 is 23.8 Å². The first kappa shape index (κ1) is 25.9. The van der Waals surface area contributed by atoms with Gasteiger partial charge in [-0.1, -0.05) is 69.9 Å². The van der Waals surface area contributed by atoms with Crippen LogP contribution in [0.5, 0.6) is 0 Å². The summed E-state index contributed by atoms with van der Waals surface area (Å²) in [6, 6.07) is 0. The predicted octanol–water partition coefficient (Wildman–Crippen LogP) is 6.01. The molecule has 0 aromatic carbocycles. The molecule has 3 heterocycles. The quantitative estimate of drug-likeness (QED) is 0.247. The summed E-state index contributed by atoms with van der Waals surface area (Å²) in [5.41, 5.74) is 0.343. The number of carbonyl (C=O) groups excluding carboxylic acids is 1. The van der Waals surface area contributed by atoms with Crippen LogP contribution in [0.15, 0.2) is 22.8 Å². The molecule has 7 nitrogen and oxygen atoms in total. The van der Waals surface area contributed by atoms with E-state index in [1.54, 1.807) is 0 Å². The van der Waals surface area contributed by atoms with Crippen LogP contribution in [0, 0.1) is 11.8 Å². The van der Waals surface area contributed by atoms with Crippen LogP contribution in [-0.2, 0) is 9.53 Å². The zero-order valence-electron chi connectivity index (χ0n) is 21.0. The molecule has 194 valence electrons. The van der Waals surface area contributed by atoms with Crippen LogP contribution in [0.3, 0.4) is 0 Å². The smallest absolute Gasteiger partial charge is 0.303 e. The summed E-state index contributed by atoms with van der Waals surface area (Å²) in [7, 11) is 0. The van der Waals surface area contributed by atoms with Crippen LogP contribution < -0.4 is 5.32 Å². The molecule has 0 radical (unpaired) electrons. The molecule has 3 fully saturated rings.